The Morgan fingerprint density at radius 1 is 1.00 bits per heavy atom. The van der Waals surface area contributed by atoms with Crippen LogP contribution in [0.1, 0.15) is 46.0 Å². The maximum Gasteiger partial charge on any atom is 0.240 e. The van der Waals surface area contributed by atoms with Crippen molar-refractivity contribution in [3.05, 3.63) is 24.3 Å². The largest absolute Gasteiger partial charge is 0.312 e. The maximum atomic E-state index is 12.6. The van der Waals surface area contributed by atoms with Crippen LogP contribution in [0.5, 0.6) is 0 Å². The van der Waals surface area contributed by atoms with E-state index in [2.05, 4.69) is 23.5 Å². The molecular weight excluding hydrogens is 350 g/mol. The fraction of sp³-hybridized carbons (Fsp3) is 0.632. The molecule has 6 nitrogen and oxygen atoms in total. The summed E-state index contributed by atoms with van der Waals surface area (Å²) < 4.78 is 28.0. The van der Waals surface area contributed by atoms with Crippen LogP contribution in [0.15, 0.2) is 29.2 Å². The van der Waals surface area contributed by atoms with Crippen molar-refractivity contribution in [3.8, 4) is 0 Å². The van der Waals surface area contributed by atoms with Crippen LogP contribution in [0, 0.1) is 0 Å². The summed E-state index contributed by atoms with van der Waals surface area (Å²) >= 11 is 0. The van der Waals surface area contributed by atoms with E-state index < -0.39 is 10.0 Å². The van der Waals surface area contributed by atoms with Crippen LogP contribution < -0.4 is 9.62 Å². The van der Waals surface area contributed by atoms with Crippen molar-refractivity contribution < 1.29 is 13.2 Å². The highest BCUT2D eigenvalue weighted by Gasteiger charge is 2.30. The molecule has 0 bridgehead atoms. The predicted molar refractivity (Wildman–Crippen MR) is 103 cm³/mol. The normalized spacial score (nSPS) is 19.9. The van der Waals surface area contributed by atoms with Crippen LogP contribution in [0.25, 0.3) is 0 Å². The van der Waals surface area contributed by atoms with E-state index >= 15 is 0 Å². The number of amides is 1. The molecule has 1 aromatic carbocycles. The van der Waals surface area contributed by atoms with Gasteiger partial charge < -0.3 is 4.90 Å². The molecule has 0 saturated carbocycles. The lowest BCUT2D eigenvalue weighted by atomic mass is 10.0. The number of carbonyl (C=O) groups is 1. The summed E-state index contributed by atoms with van der Waals surface area (Å²) in [5, 5.41) is 0. The number of nitrogens with zero attached hydrogens (tertiary/aromatic N) is 2. The molecule has 0 aromatic heterocycles. The van der Waals surface area contributed by atoms with Crippen LogP contribution in [0.3, 0.4) is 0 Å². The third kappa shape index (κ3) is 4.27. The van der Waals surface area contributed by atoms with Crippen molar-refractivity contribution in [3.63, 3.8) is 0 Å². The molecular formula is C19H29N3O3S. The first kappa shape index (κ1) is 19.3. The third-order valence-electron chi connectivity index (χ3n) is 5.44. The highest BCUT2D eigenvalue weighted by atomic mass is 32.2. The Morgan fingerprint density at radius 2 is 1.62 bits per heavy atom. The van der Waals surface area contributed by atoms with E-state index in [0.717, 1.165) is 31.6 Å². The zero-order valence-electron chi connectivity index (χ0n) is 15.7. The number of anilines is 1. The van der Waals surface area contributed by atoms with Gasteiger partial charge in [0, 0.05) is 30.7 Å². The zero-order chi connectivity index (χ0) is 18.8. The van der Waals surface area contributed by atoms with E-state index in [1.54, 1.807) is 29.2 Å². The second kappa shape index (κ2) is 7.66. The van der Waals surface area contributed by atoms with E-state index in [0.29, 0.717) is 19.5 Å². The first-order chi connectivity index (χ1) is 12.3. The van der Waals surface area contributed by atoms with E-state index in [4.69, 9.17) is 0 Å². The van der Waals surface area contributed by atoms with Gasteiger partial charge in [-0.1, -0.05) is 0 Å². The highest BCUT2D eigenvalue weighted by Crippen LogP contribution is 2.24. The zero-order valence-corrected chi connectivity index (χ0v) is 16.5. The highest BCUT2D eigenvalue weighted by molar-refractivity contribution is 7.89. The van der Waals surface area contributed by atoms with Gasteiger partial charge in [-0.05, 0) is 76.9 Å². The Labute approximate surface area is 156 Å². The monoisotopic (exact) mass is 379 g/mol. The number of piperidine rings is 1. The molecule has 1 amide bonds. The third-order valence-corrected chi connectivity index (χ3v) is 6.86. The number of likely N-dealkylation sites (tertiary alicyclic amines) is 1. The fourth-order valence-electron chi connectivity index (χ4n) is 3.67. The van der Waals surface area contributed by atoms with E-state index in [1.807, 2.05) is 0 Å². The summed E-state index contributed by atoms with van der Waals surface area (Å²) in [7, 11) is -3.56. The standard InChI is InChI=1S/C19H29N3O3S/c1-19(2,21-12-5-6-13-21)15-20-26(24,25)17-10-8-16(9-11-17)22-14-4-3-7-18(22)23/h8-11,20H,3-7,12-15H2,1-2H3. The molecule has 2 aliphatic heterocycles. The Morgan fingerprint density at radius 3 is 2.23 bits per heavy atom. The van der Waals surface area contributed by atoms with Crippen LogP contribution in [-0.2, 0) is 14.8 Å². The summed E-state index contributed by atoms with van der Waals surface area (Å²) in [5.41, 5.74) is 0.565. The molecule has 0 spiro atoms. The Kier molecular flexibility index (Phi) is 5.69. The van der Waals surface area contributed by atoms with Gasteiger partial charge in [0.15, 0.2) is 0 Å². The van der Waals surface area contributed by atoms with Gasteiger partial charge in [-0.2, -0.15) is 0 Å². The number of rotatable bonds is 6. The van der Waals surface area contributed by atoms with Gasteiger partial charge in [-0.25, -0.2) is 13.1 Å². The van der Waals surface area contributed by atoms with Crippen LogP contribution in [0.2, 0.25) is 0 Å². The first-order valence-corrected chi connectivity index (χ1v) is 10.9. The van der Waals surface area contributed by atoms with Crippen molar-refractivity contribution in [2.24, 2.45) is 0 Å². The summed E-state index contributed by atoms with van der Waals surface area (Å²) in [6.07, 6.45) is 4.82. The minimum atomic E-state index is -3.56. The van der Waals surface area contributed by atoms with Crippen molar-refractivity contribution in [1.82, 2.24) is 9.62 Å². The molecule has 26 heavy (non-hydrogen) atoms. The SMILES string of the molecule is CC(C)(CNS(=O)(=O)c1ccc(N2CCCCC2=O)cc1)N1CCCC1. The van der Waals surface area contributed by atoms with Gasteiger partial charge >= 0.3 is 0 Å². The lowest BCUT2D eigenvalue weighted by Gasteiger charge is -2.35. The molecule has 144 valence electrons. The molecule has 0 aliphatic carbocycles. The number of hydrogen-bond donors (Lipinski definition) is 1. The smallest absolute Gasteiger partial charge is 0.240 e. The van der Waals surface area contributed by atoms with Gasteiger partial charge in [0.25, 0.3) is 0 Å². The van der Waals surface area contributed by atoms with Crippen LogP contribution >= 0.6 is 0 Å². The number of benzene rings is 1. The van der Waals surface area contributed by atoms with Crippen molar-refractivity contribution >= 4 is 21.6 Å². The lowest BCUT2D eigenvalue weighted by molar-refractivity contribution is -0.119. The summed E-state index contributed by atoms with van der Waals surface area (Å²) in [6, 6.07) is 6.62. The van der Waals surface area contributed by atoms with Gasteiger partial charge in [0.05, 0.1) is 4.90 Å². The molecule has 3 rings (SSSR count). The second-order valence-corrected chi connectivity index (χ2v) is 9.59. The first-order valence-electron chi connectivity index (χ1n) is 9.45. The summed E-state index contributed by atoms with van der Waals surface area (Å²) in [4.78, 5) is 16.3. The fourth-order valence-corrected chi connectivity index (χ4v) is 4.88. The number of hydrogen-bond acceptors (Lipinski definition) is 4. The summed E-state index contributed by atoms with van der Waals surface area (Å²) in [5.74, 6) is 0.109. The number of carbonyl (C=O) groups excluding carboxylic acids is 1. The molecule has 2 heterocycles. The molecule has 1 aromatic rings. The van der Waals surface area contributed by atoms with E-state index in [1.165, 1.54) is 12.8 Å². The molecule has 2 saturated heterocycles. The van der Waals surface area contributed by atoms with Crippen LogP contribution in [0.4, 0.5) is 5.69 Å². The quantitative estimate of drug-likeness (QED) is 0.824. The molecule has 1 N–H and O–H groups in total. The van der Waals surface area contributed by atoms with Crippen molar-refractivity contribution in [2.75, 3.05) is 31.1 Å². The molecule has 2 aliphatic rings. The second-order valence-electron chi connectivity index (χ2n) is 7.83. The topological polar surface area (TPSA) is 69.7 Å². The Hall–Kier alpha value is -1.44. The van der Waals surface area contributed by atoms with Crippen molar-refractivity contribution in [2.45, 2.75) is 56.4 Å². The minimum absolute atomic E-state index is 0.109. The number of nitrogens with one attached hydrogen (secondary N) is 1. The van der Waals surface area contributed by atoms with Crippen molar-refractivity contribution in [1.29, 1.82) is 0 Å². The summed E-state index contributed by atoms with van der Waals surface area (Å²) in [6.45, 7) is 7.27. The minimum Gasteiger partial charge on any atom is -0.312 e. The Balaban J connectivity index is 1.66. The van der Waals surface area contributed by atoms with E-state index in [9.17, 15) is 13.2 Å². The lowest BCUT2D eigenvalue weighted by Crippen LogP contribution is -2.50. The van der Waals surface area contributed by atoms with Gasteiger partial charge in [0.2, 0.25) is 15.9 Å². The molecule has 2 fully saturated rings. The van der Waals surface area contributed by atoms with Crippen LogP contribution in [-0.4, -0.2) is 50.9 Å². The molecule has 0 unspecified atom stereocenters. The van der Waals surface area contributed by atoms with Gasteiger partial charge in [-0.3, -0.25) is 9.69 Å². The Bertz CT molecular complexity index is 738. The molecule has 0 atom stereocenters. The maximum absolute atomic E-state index is 12.6. The van der Waals surface area contributed by atoms with E-state index in [-0.39, 0.29) is 16.3 Å². The average Bonchev–Trinajstić information content (AvgIpc) is 3.17. The predicted octanol–water partition coefficient (Wildman–Crippen LogP) is 2.36. The molecule has 7 heteroatoms. The van der Waals surface area contributed by atoms with Gasteiger partial charge in [-0.15, -0.1) is 0 Å². The number of sulfonamides is 1. The van der Waals surface area contributed by atoms with Gasteiger partial charge in [0.1, 0.15) is 0 Å². The average molecular weight is 380 g/mol. The molecule has 0 radical (unpaired) electrons.